The molecule has 1 aromatic heterocycles. The van der Waals surface area contributed by atoms with Gasteiger partial charge in [0.05, 0.1) is 6.54 Å². The first-order valence-electron chi connectivity index (χ1n) is 6.77. The lowest BCUT2D eigenvalue weighted by Crippen LogP contribution is -2.26. The standard InChI is InChI=1S/C14H24N2O/c1-3-4-7-16(13-5-6-13)10-12-8-14(9-15)17-11(12)2/h8,13H,3-7,9-10,15H2,1-2H3. The van der Waals surface area contributed by atoms with Crippen molar-refractivity contribution in [3.05, 3.63) is 23.2 Å². The molecule has 1 aliphatic rings. The smallest absolute Gasteiger partial charge is 0.118 e. The van der Waals surface area contributed by atoms with Gasteiger partial charge in [0.2, 0.25) is 0 Å². The van der Waals surface area contributed by atoms with Gasteiger partial charge < -0.3 is 10.2 Å². The number of furan rings is 1. The second kappa shape index (κ2) is 5.69. The predicted octanol–water partition coefficient (Wildman–Crippen LogP) is 2.81. The van der Waals surface area contributed by atoms with Crippen LogP contribution in [0.1, 0.15) is 49.7 Å². The zero-order chi connectivity index (χ0) is 12.3. The van der Waals surface area contributed by atoms with Crippen molar-refractivity contribution < 1.29 is 4.42 Å². The average molecular weight is 236 g/mol. The maximum Gasteiger partial charge on any atom is 0.118 e. The highest BCUT2D eigenvalue weighted by atomic mass is 16.3. The summed E-state index contributed by atoms with van der Waals surface area (Å²) >= 11 is 0. The number of nitrogens with two attached hydrogens (primary N) is 1. The summed E-state index contributed by atoms with van der Waals surface area (Å²) in [6.07, 6.45) is 5.29. The molecule has 2 N–H and O–H groups in total. The molecule has 2 rings (SSSR count). The molecule has 0 amide bonds. The molecule has 1 heterocycles. The van der Waals surface area contributed by atoms with Gasteiger partial charge in [-0.2, -0.15) is 0 Å². The molecule has 0 radical (unpaired) electrons. The SMILES string of the molecule is CCCCN(Cc1cc(CN)oc1C)C1CC1. The van der Waals surface area contributed by atoms with Crippen LogP contribution in [-0.4, -0.2) is 17.5 Å². The van der Waals surface area contributed by atoms with Gasteiger partial charge in [0, 0.05) is 18.2 Å². The Balaban J connectivity index is 1.98. The molecular weight excluding hydrogens is 212 g/mol. The minimum atomic E-state index is 0.499. The second-order valence-electron chi connectivity index (χ2n) is 5.05. The topological polar surface area (TPSA) is 42.4 Å². The van der Waals surface area contributed by atoms with Crippen molar-refractivity contribution in [1.29, 1.82) is 0 Å². The fourth-order valence-corrected chi connectivity index (χ4v) is 2.26. The highest BCUT2D eigenvalue weighted by Gasteiger charge is 2.29. The van der Waals surface area contributed by atoms with Crippen LogP contribution < -0.4 is 5.73 Å². The van der Waals surface area contributed by atoms with Crippen molar-refractivity contribution in [3.63, 3.8) is 0 Å². The van der Waals surface area contributed by atoms with Crippen LogP contribution in [0.2, 0.25) is 0 Å². The number of unbranched alkanes of at least 4 members (excludes halogenated alkanes) is 1. The zero-order valence-corrected chi connectivity index (χ0v) is 11.0. The first-order chi connectivity index (χ1) is 8.24. The first-order valence-corrected chi connectivity index (χ1v) is 6.77. The molecule has 0 aromatic carbocycles. The van der Waals surface area contributed by atoms with Crippen LogP contribution in [0.5, 0.6) is 0 Å². The van der Waals surface area contributed by atoms with E-state index in [-0.39, 0.29) is 0 Å². The quantitative estimate of drug-likeness (QED) is 0.791. The Morgan fingerprint density at radius 2 is 2.24 bits per heavy atom. The Morgan fingerprint density at radius 1 is 1.47 bits per heavy atom. The molecule has 0 atom stereocenters. The van der Waals surface area contributed by atoms with E-state index in [2.05, 4.69) is 17.9 Å². The van der Waals surface area contributed by atoms with Crippen molar-refractivity contribution in [1.82, 2.24) is 4.90 Å². The Hall–Kier alpha value is -0.800. The van der Waals surface area contributed by atoms with Gasteiger partial charge in [0.1, 0.15) is 11.5 Å². The first kappa shape index (κ1) is 12.7. The Bertz CT molecular complexity index is 355. The van der Waals surface area contributed by atoms with Gasteiger partial charge in [-0.25, -0.2) is 0 Å². The molecular formula is C14H24N2O. The molecule has 0 saturated heterocycles. The third-order valence-electron chi connectivity index (χ3n) is 3.51. The molecule has 17 heavy (non-hydrogen) atoms. The summed E-state index contributed by atoms with van der Waals surface area (Å²) in [7, 11) is 0. The maximum atomic E-state index is 5.62. The summed E-state index contributed by atoms with van der Waals surface area (Å²) in [5.74, 6) is 1.94. The van der Waals surface area contributed by atoms with E-state index < -0.39 is 0 Å². The zero-order valence-electron chi connectivity index (χ0n) is 11.0. The molecule has 0 aliphatic heterocycles. The molecule has 1 fully saturated rings. The van der Waals surface area contributed by atoms with Crippen LogP contribution in [0, 0.1) is 6.92 Å². The van der Waals surface area contributed by atoms with Gasteiger partial charge in [-0.1, -0.05) is 13.3 Å². The number of hydrogen-bond donors (Lipinski definition) is 1. The normalized spacial score (nSPS) is 15.8. The lowest BCUT2D eigenvalue weighted by Gasteiger charge is -2.21. The van der Waals surface area contributed by atoms with E-state index >= 15 is 0 Å². The van der Waals surface area contributed by atoms with Crippen LogP contribution in [0.4, 0.5) is 0 Å². The molecule has 0 spiro atoms. The average Bonchev–Trinajstić information content (AvgIpc) is 3.10. The van der Waals surface area contributed by atoms with Crippen LogP contribution in [-0.2, 0) is 13.1 Å². The minimum absolute atomic E-state index is 0.499. The summed E-state index contributed by atoms with van der Waals surface area (Å²) in [5.41, 5.74) is 6.92. The number of hydrogen-bond acceptors (Lipinski definition) is 3. The predicted molar refractivity (Wildman–Crippen MR) is 69.7 cm³/mol. The van der Waals surface area contributed by atoms with Crippen LogP contribution in [0.25, 0.3) is 0 Å². The number of aryl methyl sites for hydroxylation is 1. The fourth-order valence-electron chi connectivity index (χ4n) is 2.26. The van der Waals surface area contributed by atoms with Crippen molar-refractivity contribution in [2.75, 3.05) is 6.54 Å². The summed E-state index contributed by atoms with van der Waals surface area (Å²) in [5, 5.41) is 0. The van der Waals surface area contributed by atoms with Crippen LogP contribution in [0.3, 0.4) is 0 Å². The summed E-state index contributed by atoms with van der Waals surface area (Å²) in [4.78, 5) is 2.60. The largest absolute Gasteiger partial charge is 0.465 e. The third-order valence-corrected chi connectivity index (χ3v) is 3.51. The molecule has 1 aromatic rings. The van der Waals surface area contributed by atoms with Crippen molar-refractivity contribution in [2.24, 2.45) is 5.73 Å². The van der Waals surface area contributed by atoms with E-state index in [1.807, 2.05) is 6.92 Å². The van der Waals surface area contributed by atoms with E-state index in [1.54, 1.807) is 0 Å². The summed E-state index contributed by atoms with van der Waals surface area (Å²) < 4.78 is 5.62. The Morgan fingerprint density at radius 3 is 2.76 bits per heavy atom. The molecule has 3 nitrogen and oxygen atoms in total. The highest BCUT2D eigenvalue weighted by Crippen LogP contribution is 2.29. The van der Waals surface area contributed by atoms with E-state index in [1.165, 1.54) is 37.8 Å². The number of nitrogens with zero attached hydrogens (tertiary/aromatic N) is 1. The monoisotopic (exact) mass is 236 g/mol. The van der Waals surface area contributed by atoms with Gasteiger partial charge in [0.25, 0.3) is 0 Å². The summed E-state index contributed by atoms with van der Waals surface area (Å²) in [6.45, 7) is 7.03. The van der Waals surface area contributed by atoms with Crippen molar-refractivity contribution in [2.45, 2.75) is 58.7 Å². The van der Waals surface area contributed by atoms with Gasteiger partial charge in [-0.3, -0.25) is 4.90 Å². The van der Waals surface area contributed by atoms with Gasteiger partial charge in [-0.05, 0) is 38.8 Å². The van der Waals surface area contributed by atoms with E-state index in [4.69, 9.17) is 10.2 Å². The van der Waals surface area contributed by atoms with E-state index in [0.717, 1.165) is 24.1 Å². The van der Waals surface area contributed by atoms with Gasteiger partial charge in [-0.15, -0.1) is 0 Å². The Kier molecular flexibility index (Phi) is 4.24. The Labute approximate surface area is 104 Å². The third kappa shape index (κ3) is 3.33. The fraction of sp³-hybridized carbons (Fsp3) is 0.714. The maximum absolute atomic E-state index is 5.62. The van der Waals surface area contributed by atoms with Crippen LogP contribution >= 0.6 is 0 Å². The number of rotatable bonds is 7. The van der Waals surface area contributed by atoms with Crippen molar-refractivity contribution in [3.8, 4) is 0 Å². The van der Waals surface area contributed by atoms with Crippen LogP contribution in [0.15, 0.2) is 10.5 Å². The van der Waals surface area contributed by atoms with Gasteiger partial charge in [0.15, 0.2) is 0 Å². The summed E-state index contributed by atoms with van der Waals surface area (Å²) in [6, 6.07) is 2.94. The highest BCUT2D eigenvalue weighted by molar-refractivity contribution is 5.21. The van der Waals surface area contributed by atoms with Gasteiger partial charge >= 0.3 is 0 Å². The second-order valence-corrected chi connectivity index (χ2v) is 5.05. The molecule has 0 unspecified atom stereocenters. The van der Waals surface area contributed by atoms with Crippen molar-refractivity contribution >= 4 is 0 Å². The molecule has 96 valence electrons. The van der Waals surface area contributed by atoms with E-state index in [0.29, 0.717) is 6.54 Å². The van der Waals surface area contributed by atoms with E-state index in [9.17, 15) is 0 Å². The molecule has 1 aliphatic carbocycles. The molecule has 1 saturated carbocycles. The lowest BCUT2D eigenvalue weighted by atomic mass is 10.2. The molecule has 0 bridgehead atoms. The lowest BCUT2D eigenvalue weighted by molar-refractivity contribution is 0.249. The minimum Gasteiger partial charge on any atom is -0.465 e. The molecule has 3 heteroatoms.